The fourth-order valence-corrected chi connectivity index (χ4v) is 2.85. The standard InChI is InChI=1S/C18H26N2O6/c1-5-20-7-6-19(11-16(20)21)10-13-8-14(24-3)17(15(9-13)25-4)26-12(2)18(22)23/h8-9,12H,5-7,10-11H2,1-4H3,(H,22,23)/t12-/m1/s1. The number of methoxy groups -OCH3 is 2. The molecule has 0 bridgehead atoms. The Morgan fingerprint density at radius 1 is 1.23 bits per heavy atom. The highest BCUT2D eigenvalue weighted by atomic mass is 16.6. The van der Waals surface area contributed by atoms with Crippen LogP contribution < -0.4 is 14.2 Å². The van der Waals surface area contributed by atoms with Crippen LogP contribution in [0.2, 0.25) is 0 Å². The van der Waals surface area contributed by atoms with Crippen LogP contribution in [0.25, 0.3) is 0 Å². The van der Waals surface area contributed by atoms with Crippen LogP contribution in [-0.2, 0) is 16.1 Å². The second-order valence-electron chi connectivity index (χ2n) is 6.11. The van der Waals surface area contributed by atoms with Crippen LogP contribution in [0.3, 0.4) is 0 Å². The van der Waals surface area contributed by atoms with E-state index in [0.29, 0.717) is 31.1 Å². The molecular weight excluding hydrogens is 340 g/mol. The summed E-state index contributed by atoms with van der Waals surface area (Å²) in [6, 6.07) is 3.56. The Bertz CT molecular complexity index is 638. The molecule has 1 aromatic carbocycles. The van der Waals surface area contributed by atoms with Gasteiger partial charge in [0.1, 0.15) is 0 Å². The Labute approximate surface area is 153 Å². The molecule has 0 saturated carbocycles. The maximum Gasteiger partial charge on any atom is 0.344 e. The highest BCUT2D eigenvalue weighted by Crippen LogP contribution is 2.39. The third-order valence-electron chi connectivity index (χ3n) is 4.35. The van der Waals surface area contributed by atoms with Gasteiger partial charge < -0.3 is 24.2 Å². The molecule has 26 heavy (non-hydrogen) atoms. The van der Waals surface area contributed by atoms with E-state index in [9.17, 15) is 9.59 Å². The Morgan fingerprint density at radius 2 is 1.85 bits per heavy atom. The zero-order valence-corrected chi connectivity index (χ0v) is 15.7. The van der Waals surface area contributed by atoms with Gasteiger partial charge in [-0.2, -0.15) is 0 Å². The fourth-order valence-electron chi connectivity index (χ4n) is 2.85. The van der Waals surface area contributed by atoms with Crippen LogP contribution in [0.4, 0.5) is 0 Å². The van der Waals surface area contributed by atoms with Gasteiger partial charge in [-0.25, -0.2) is 4.79 Å². The molecule has 1 amide bonds. The van der Waals surface area contributed by atoms with Crippen molar-refractivity contribution in [3.8, 4) is 17.2 Å². The molecule has 1 heterocycles. The molecule has 1 atom stereocenters. The number of carbonyl (C=O) groups excluding carboxylic acids is 1. The SMILES string of the molecule is CCN1CCN(Cc2cc(OC)c(O[C@H](C)C(=O)O)c(OC)c2)CC1=O. The van der Waals surface area contributed by atoms with E-state index in [-0.39, 0.29) is 11.7 Å². The summed E-state index contributed by atoms with van der Waals surface area (Å²) in [7, 11) is 2.97. The average Bonchev–Trinajstić information content (AvgIpc) is 2.62. The van der Waals surface area contributed by atoms with Crippen LogP contribution >= 0.6 is 0 Å². The van der Waals surface area contributed by atoms with Crippen molar-refractivity contribution in [3.05, 3.63) is 17.7 Å². The van der Waals surface area contributed by atoms with E-state index >= 15 is 0 Å². The second kappa shape index (κ2) is 8.75. The van der Waals surface area contributed by atoms with Gasteiger partial charge in [0.05, 0.1) is 20.8 Å². The molecule has 8 heteroatoms. The zero-order chi connectivity index (χ0) is 19.3. The second-order valence-corrected chi connectivity index (χ2v) is 6.11. The number of piperazine rings is 1. The van der Waals surface area contributed by atoms with Crippen molar-refractivity contribution in [3.63, 3.8) is 0 Å². The van der Waals surface area contributed by atoms with E-state index < -0.39 is 12.1 Å². The smallest absolute Gasteiger partial charge is 0.344 e. The summed E-state index contributed by atoms with van der Waals surface area (Å²) in [6.07, 6.45) is -1.04. The van der Waals surface area contributed by atoms with Crippen LogP contribution in [0.15, 0.2) is 12.1 Å². The van der Waals surface area contributed by atoms with Crippen molar-refractivity contribution >= 4 is 11.9 Å². The summed E-state index contributed by atoms with van der Waals surface area (Å²) < 4.78 is 16.2. The Hall–Kier alpha value is -2.48. The van der Waals surface area contributed by atoms with Gasteiger partial charge in [0, 0.05) is 26.2 Å². The lowest BCUT2D eigenvalue weighted by Gasteiger charge is -2.33. The Kier molecular flexibility index (Phi) is 6.68. The molecule has 1 aromatic rings. The summed E-state index contributed by atoms with van der Waals surface area (Å²) in [4.78, 5) is 27.0. The van der Waals surface area contributed by atoms with Crippen molar-refractivity contribution in [1.29, 1.82) is 0 Å². The minimum Gasteiger partial charge on any atom is -0.493 e. The van der Waals surface area contributed by atoms with Gasteiger partial charge in [0.15, 0.2) is 17.6 Å². The molecule has 8 nitrogen and oxygen atoms in total. The monoisotopic (exact) mass is 366 g/mol. The van der Waals surface area contributed by atoms with Gasteiger partial charge in [-0.05, 0) is 31.5 Å². The number of hydrogen-bond donors (Lipinski definition) is 1. The van der Waals surface area contributed by atoms with Crippen LogP contribution in [0.5, 0.6) is 17.2 Å². The van der Waals surface area contributed by atoms with E-state index in [1.54, 1.807) is 12.1 Å². The molecule has 0 aliphatic carbocycles. The Morgan fingerprint density at radius 3 is 2.31 bits per heavy atom. The molecule has 144 valence electrons. The third-order valence-corrected chi connectivity index (χ3v) is 4.35. The number of aliphatic carboxylic acids is 1. The lowest BCUT2D eigenvalue weighted by molar-refractivity contribution is -0.144. The van der Waals surface area contributed by atoms with E-state index in [1.807, 2.05) is 11.8 Å². The first-order chi connectivity index (χ1) is 12.4. The highest BCUT2D eigenvalue weighted by Gasteiger charge is 2.24. The van der Waals surface area contributed by atoms with Crippen molar-refractivity contribution in [2.75, 3.05) is 40.4 Å². The molecule has 2 rings (SSSR count). The lowest BCUT2D eigenvalue weighted by atomic mass is 10.1. The maximum absolute atomic E-state index is 12.1. The molecule has 0 spiro atoms. The Balaban J connectivity index is 2.20. The largest absolute Gasteiger partial charge is 0.493 e. The van der Waals surface area contributed by atoms with E-state index in [4.69, 9.17) is 19.3 Å². The summed E-state index contributed by atoms with van der Waals surface area (Å²) in [5.74, 6) is 0.0795. The molecule has 1 fully saturated rings. The highest BCUT2D eigenvalue weighted by molar-refractivity contribution is 5.79. The quantitative estimate of drug-likeness (QED) is 0.740. The van der Waals surface area contributed by atoms with Gasteiger partial charge in [0.25, 0.3) is 0 Å². The molecule has 1 N–H and O–H groups in total. The predicted octanol–water partition coefficient (Wildman–Crippen LogP) is 1.22. The number of benzene rings is 1. The first-order valence-corrected chi connectivity index (χ1v) is 8.54. The van der Waals surface area contributed by atoms with Crippen molar-refractivity contribution in [2.24, 2.45) is 0 Å². The number of carboxylic acids is 1. The van der Waals surface area contributed by atoms with Crippen LogP contribution in [0.1, 0.15) is 19.4 Å². The number of rotatable bonds is 8. The van der Waals surface area contributed by atoms with E-state index in [1.165, 1.54) is 21.1 Å². The molecule has 0 unspecified atom stereocenters. The number of amides is 1. The number of hydrogen-bond acceptors (Lipinski definition) is 6. The molecular formula is C18H26N2O6. The molecule has 1 saturated heterocycles. The van der Waals surface area contributed by atoms with Crippen molar-refractivity contribution in [1.82, 2.24) is 9.80 Å². The summed E-state index contributed by atoms with van der Waals surface area (Å²) in [6.45, 7) is 6.56. The summed E-state index contributed by atoms with van der Waals surface area (Å²) >= 11 is 0. The molecule has 0 aromatic heterocycles. The van der Waals surface area contributed by atoms with Crippen molar-refractivity contribution in [2.45, 2.75) is 26.5 Å². The molecule has 0 radical (unpaired) electrons. The topological polar surface area (TPSA) is 88.5 Å². The number of carbonyl (C=O) groups is 2. The minimum atomic E-state index is -1.08. The summed E-state index contributed by atoms with van der Waals surface area (Å²) in [5.41, 5.74) is 0.895. The fraction of sp³-hybridized carbons (Fsp3) is 0.556. The van der Waals surface area contributed by atoms with Crippen LogP contribution in [0, 0.1) is 0 Å². The maximum atomic E-state index is 12.1. The first kappa shape index (κ1) is 19.8. The number of carboxylic acid groups (broad SMARTS) is 1. The van der Waals surface area contributed by atoms with Gasteiger partial charge >= 0.3 is 5.97 Å². The third kappa shape index (κ3) is 4.57. The predicted molar refractivity (Wildman–Crippen MR) is 94.8 cm³/mol. The summed E-state index contributed by atoms with van der Waals surface area (Å²) in [5, 5.41) is 9.06. The molecule has 1 aliphatic heterocycles. The average molecular weight is 366 g/mol. The molecule has 1 aliphatic rings. The van der Waals surface area contributed by atoms with Gasteiger partial charge in [-0.15, -0.1) is 0 Å². The minimum absolute atomic E-state index is 0.118. The normalized spacial score (nSPS) is 16.3. The first-order valence-electron chi connectivity index (χ1n) is 8.54. The van der Waals surface area contributed by atoms with E-state index in [2.05, 4.69) is 4.90 Å². The van der Waals surface area contributed by atoms with Gasteiger partial charge in [0.2, 0.25) is 11.7 Å². The van der Waals surface area contributed by atoms with Gasteiger partial charge in [-0.1, -0.05) is 0 Å². The van der Waals surface area contributed by atoms with Crippen molar-refractivity contribution < 1.29 is 28.9 Å². The van der Waals surface area contributed by atoms with Crippen LogP contribution in [-0.4, -0.2) is 73.3 Å². The number of likely N-dealkylation sites (N-methyl/N-ethyl adjacent to an activating group) is 1. The van der Waals surface area contributed by atoms with E-state index in [0.717, 1.165) is 18.7 Å². The van der Waals surface area contributed by atoms with Gasteiger partial charge in [-0.3, -0.25) is 9.69 Å². The number of ether oxygens (including phenoxy) is 3. The zero-order valence-electron chi connectivity index (χ0n) is 15.7. The lowest BCUT2D eigenvalue weighted by Crippen LogP contribution is -2.49. The number of nitrogens with zero attached hydrogens (tertiary/aromatic N) is 2.